The summed E-state index contributed by atoms with van der Waals surface area (Å²) in [6.07, 6.45) is 0.682. The number of halogens is 2. The second-order valence-corrected chi connectivity index (χ2v) is 3.38. The van der Waals surface area contributed by atoms with E-state index in [4.69, 9.17) is 11.6 Å². The molecular formula is C11H13Cl2NO. The predicted octanol–water partition coefficient (Wildman–Crippen LogP) is 2.59. The summed E-state index contributed by atoms with van der Waals surface area (Å²) in [5.41, 5.74) is 1.57. The van der Waals surface area contributed by atoms with Crippen LogP contribution in [0.15, 0.2) is 24.3 Å². The normalized spacial score (nSPS) is 8.93. The molecule has 0 saturated carbocycles. The molecule has 82 valence electrons. The lowest BCUT2D eigenvalue weighted by Gasteiger charge is -2.02. The minimum atomic E-state index is 0. The van der Waals surface area contributed by atoms with Gasteiger partial charge >= 0.3 is 0 Å². The van der Waals surface area contributed by atoms with Crippen LogP contribution in [0.25, 0.3) is 5.57 Å². The third-order valence-corrected chi connectivity index (χ3v) is 2.19. The number of benzene rings is 1. The third-order valence-electron chi connectivity index (χ3n) is 1.94. The summed E-state index contributed by atoms with van der Waals surface area (Å²) in [6, 6.07) is 7.21. The van der Waals surface area contributed by atoms with Crippen molar-refractivity contribution in [3.05, 3.63) is 34.9 Å². The quantitative estimate of drug-likeness (QED) is 0.827. The number of nitrogens with one attached hydrogen (secondary N) is 1. The first-order valence-corrected chi connectivity index (χ1v) is 4.80. The first-order valence-electron chi connectivity index (χ1n) is 4.42. The van der Waals surface area contributed by atoms with E-state index in [1.54, 1.807) is 12.1 Å². The fourth-order valence-electron chi connectivity index (χ4n) is 1.16. The maximum atomic E-state index is 10.7. The minimum Gasteiger partial charge on any atom is -0.319 e. The summed E-state index contributed by atoms with van der Waals surface area (Å²) in [4.78, 5) is 10.7. The van der Waals surface area contributed by atoms with Crippen molar-refractivity contribution in [2.45, 2.75) is 6.42 Å². The molecule has 1 N–H and O–H groups in total. The fourth-order valence-corrected chi connectivity index (χ4v) is 1.28. The van der Waals surface area contributed by atoms with Gasteiger partial charge < -0.3 is 5.32 Å². The molecule has 0 aliphatic rings. The van der Waals surface area contributed by atoms with Gasteiger partial charge in [-0.3, -0.25) is 0 Å². The van der Waals surface area contributed by atoms with Crippen LogP contribution in [-0.4, -0.2) is 19.5 Å². The largest absolute Gasteiger partial charge is 0.319 e. The Morgan fingerprint density at radius 2 is 2.00 bits per heavy atom. The number of carbonyl (C=O) groups excluding carboxylic acids is 1. The smallest absolute Gasteiger partial charge is 0.128 e. The minimum absolute atomic E-state index is 0. The zero-order chi connectivity index (χ0) is 10.4. The molecule has 0 unspecified atom stereocenters. The molecule has 0 amide bonds. The van der Waals surface area contributed by atoms with E-state index in [1.807, 2.05) is 25.1 Å². The van der Waals surface area contributed by atoms with Gasteiger partial charge in [-0.1, -0.05) is 23.7 Å². The summed E-state index contributed by atoms with van der Waals surface area (Å²) < 4.78 is 0. The second-order valence-electron chi connectivity index (χ2n) is 2.94. The Morgan fingerprint density at radius 1 is 1.40 bits per heavy atom. The Hall–Kier alpha value is -0.790. The van der Waals surface area contributed by atoms with Crippen LogP contribution in [0, 0.1) is 0 Å². The highest BCUT2D eigenvalue weighted by Gasteiger charge is 2.01. The highest BCUT2D eigenvalue weighted by atomic mass is 35.5. The highest BCUT2D eigenvalue weighted by Crippen LogP contribution is 2.17. The van der Waals surface area contributed by atoms with E-state index < -0.39 is 0 Å². The molecule has 2 nitrogen and oxygen atoms in total. The molecule has 0 atom stereocenters. The summed E-state index contributed by atoms with van der Waals surface area (Å²) in [5.74, 6) is 1.96. The van der Waals surface area contributed by atoms with E-state index in [1.165, 1.54) is 0 Å². The first-order chi connectivity index (χ1) is 6.77. The third kappa shape index (κ3) is 4.50. The Kier molecular flexibility index (Phi) is 7.10. The Morgan fingerprint density at radius 3 is 2.47 bits per heavy atom. The van der Waals surface area contributed by atoms with E-state index >= 15 is 0 Å². The van der Waals surface area contributed by atoms with Gasteiger partial charge in [0.2, 0.25) is 0 Å². The fraction of sp³-hybridized carbons (Fsp3) is 0.273. The van der Waals surface area contributed by atoms with Gasteiger partial charge in [0.15, 0.2) is 0 Å². The Balaban J connectivity index is 0.00000196. The van der Waals surface area contributed by atoms with Crippen LogP contribution in [0.4, 0.5) is 0 Å². The van der Waals surface area contributed by atoms with Crippen molar-refractivity contribution >= 4 is 35.5 Å². The van der Waals surface area contributed by atoms with Crippen molar-refractivity contribution in [2.24, 2.45) is 0 Å². The van der Waals surface area contributed by atoms with Gasteiger partial charge in [0.1, 0.15) is 5.94 Å². The molecule has 4 heteroatoms. The molecule has 0 heterocycles. The maximum Gasteiger partial charge on any atom is 0.128 e. The SMILES string of the molecule is CNCCC(=C=O)c1ccc(Cl)cc1.Cl. The van der Waals surface area contributed by atoms with Crippen LogP contribution in [0.1, 0.15) is 12.0 Å². The summed E-state index contributed by atoms with van der Waals surface area (Å²) in [7, 11) is 1.85. The van der Waals surface area contributed by atoms with Gasteiger partial charge in [0.25, 0.3) is 0 Å². The topological polar surface area (TPSA) is 29.1 Å². The molecule has 0 saturated heterocycles. The standard InChI is InChI=1S/C11H12ClNO.ClH/c1-13-7-6-10(8-14)9-2-4-11(12)5-3-9;/h2-5,13H,6-7H2,1H3;1H. The van der Waals surface area contributed by atoms with Crippen LogP contribution in [0.2, 0.25) is 5.02 Å². The molecule has 1 aromatic rings. The molecule has 0 aromatic heterocycles. The van der Waals surface area contributed by atoms with Gasteiger partial charge in [0.05, 0.1) is 0 Å². The van der Waals surface area contributed by atoms with E-state index in [0.717, 1.165) is 12.1 Å². The lowest BCUT2D eigenvalue weighted by Crippen LogP contribution is -2.08. The van der Waals surface area contributed by atoms with Crippen molar-refractivity contribution in [3.63, 3.8) is 0 Å². The van der Waals surface area contributed by atoms with E-state index in [9.17, 15) is 4.79 Å². The average molecular weight is 246 g/mol. The predicted molar refractivity (Wildman–Crippen MR) is 66.3 cm³/mol. The van der Waals surface area contributed by atoms with E-state index in [0.29, 0.717) is 17.0 Å². The summed E-state index contributed by atoms with van der Waals surface area (Å²) >= 11 is 5.74. The average Bonchev–Trinajstić information content (AvgIpc) is 2.21. The summed E-state index contributed by atoms with van der Waals surface area (Å²) in [6.45, 7) is 0.771. The van der Waals surface area contributed by atoms with Crippen LogP contribution >= 0.6 is 24.0 Å². The van der Waals surface area contributed by atoms with Gasteiger partial charge in [-0.05, 0) is 37.7 Å². The zero-order valence-corrected chi connectivity index (χ0v) is 9.99. The highest BCUT2D eigenvalue weighted by molar-refractivity contribution is 6.30. The van der Waals surface area contributed by atoms with Crippen LogP contribution in [0.5, 0.6) is 0 Å². The monoisotopic (exact) mass is 245 g/mol. The molecule has 0 aliphatic heterocycles. The van der Waals surface area contributed by atoms with Crippen molar-refractivity contribution in [1.29, 1.82) is 0 Å². The number of hydrogen-bond donors (Lipinski definition) is 1. The van der Waals surface area contributed by atoms with E-state index in [2.05, 4.69) is 5.32 Å². The maximum absolute atomic E-state index is 10.7. The van der Waals surface area contributed by atoms with Crippen LogP contribution < -0.4 is 5.32 Å². The summed E-state index contributed by atoms with van der Waals surface area (Å²) in [5, 5.41) is 3.66. The molecule has 0 bridgehead atoms. The molecular weight excluding hydrogens is 233 g/mol. The van der Waals surface area contributed by atoms with E-state index in [-0.39, 0.29) is 12.4 Å². The molecule has 0 aliphatic carbocycles. The van der Waals surface area contributed by atoms with Gasteiger partial charge in [-0.25, -0.2) is 4.79 Å². The van der Waals surface area contributed by atoms with Gasteiger partial charge in [-0.15, -0.1) is 12.4 Å². The lowest BCUT2D eigenvalue weighted by molar-refractivity contribution is 0.569. The number of rotatable bonds is 4. The first kappa shape index (κ1) is 14.2. The molecule has 0 radical (unpaired) electrons. The lowest BCUT2D eigenvalue weighted by atomic mass is 10.0. The Bertz CT molecular complexity index is 342. The molecule has 1 rings (SSSR count). The molecule has 15 heavy (non-hydrogen) atoms. The van der Waals surface area contributed by atoms with Gasteiger partial charge in [0, 0.05) is 10.6 Å². The van der Waals surface area contributed by atoms with Gasteiger partial charge in [-0.2, -0.15) is 0 Å². The second kappa shape index (κ2) is 7.49. The Labute approximate surface area is 101 Å². The van der Waals surface area contributed by atoms with Crippen LogP contribution in [0.3, 0.4) is 0 Å². The van der Waals surface area contributed by atoms with Crippen LogP contribution in [-0.2, 0) is 4.79 Å². The zero-order valence-electron chi connectivity index (χ0n) is 8.42. The molecule has 0 spiro atoms. The van der Waals surface area contributed by atoms with Crippen molar-refractivity contribution in [1.82, 2.24) is 5.32 Å². The van der Waals surface area contributed by atoms with Crippen molar-refractivity contribution in [3.8, 4) is 0 Å². The number of hydrogen-bond acceptors (Lipinski definition) is 2. The molecule has 1 aromatic carbocycles. The molecule has 0 fully saturated rings. The van der Waals surface area contributed by atoms with Crippen molar-refractivity contribution < 1.29 is 4.79 Å². The van der Waals surface area contributed by atoms with Crippen molar-refractivity contribution in [2.75, 3.05) is 13.6 Å².